The maximum Gasteiger partial charge on any atom is 0.140 e. The second-order valence-corrected chi connectivity index (χ2v) is 4.11. The molecule has 15 heavy (non-hydrogen) atoms. The fourth-order valence-electron chi connectivity index (χ4n) is 1.58. The molecule has 1 atom stereocenters. The predicted molar refractivity (Wildman–Crippen MR) is 63.3 cm³/mol. The topological polar surface area (TPSA) is 25.8 Å². The molecule has 0 fully saturated rings. The summed E-state index contributed by atoms with van der Waals surface area (Å²) in [5.74, 6) is 0.547. The smallest absolute Gasteiger partial charge is 0.140 e. The lowest BCUT2D eigenvalue weighted by atomic mass is 9.97. The van der Waals surface area contributed by atoms with Crippen LogP contribution < -0.4 is 0 Å². The second kappa shape index (κ2) is 4.15. The van der Waals surface area contributed by atoms with Crippen LogP contribution in [-0.2, 0) is 0 Å². The molecule has 0 aliphatic carbocycles. The van der Waals surface area contributed by atoms with Gasteiger partial charge in [0.2, 0.25) is 0 Å². The number of fused-ring (bicyclic) bond motifs is 1. The molecule has 0 spiro atoms. The molecule has 1 unspecified atom stereocenters. The minimum Gasteiger partial charge on any atom is -0.236 e. The van der Waals surface area contributed by atoms with Gasteiger partial charge in [0.1, 0.15) is 11.5 Å². The standard InChI is InChI=1S/C12H13ClN2/c1-3-8(2)9-4-5-11-10(6-9)12(13)15-7-14-11/h4-8H,3H2,1-2H3. The average Bonchev–Trinajstić information content (AvgIpc) is 2.28. The Bertz CT molecular complexity index is 482. The molecule has 0 bridgehead atoms. The average molecular weight is 221 g/mol. The van der Waals surface area contributed by atoms with Gasteiger partial charge in [-0.1, -0.05) is 31.5 Å². The van der Waals surface area contributed by atoms with Crippen molar-refractivity contribution in [1.29, 1.82) is 0 Å². The molecule has 3 heteroatoms. The predicted octanol–water partition coefficient (Wildman–Crippen LogP) is 3.80. The van der Waals surface area contributed by atoms with Gasteiger partial charge in [-0.25, -0.2) is 9.97 Å². The molecule has 0 saturated heterocycles. The molecule has 1 aromatic carbocycles. The summed E-state index contributed by atoms with van der Waals surface area (Å²) in [6, 6.07) is 6.20. The lowest BCUT2D eigenvalue weighted by Gasteiger charge is -2.09. The van der Waals surface area contributed by atoms with E-state index in [2.05, 4.69) is 35.9 Å². The minimum absolute atomic E-state index is 0.533. The lowest BCUT2D eigenvalue weighted by Crippen LogP contribution is -1.92. The van der Waals surface area contributed by atoms with Crippen LogP contribution in [0.3, 0.4) is 0 Å². The molecule has 2 rings (SSSR count). The van der Waals surface area contributed by atoms with Crippen LogP contribution in [0.1, 0.15) is 31.7 Å². The van der Waals surface area contributed by atoms with Gasteiger partial charge in [-0.05, 0) is 30.0 Å². The van der Waals surface area contributed by atoms with Gasteiger partial charge in [0, 0.05) is 5.39 Å². The first-order valence-corrected chi connectivity index (χ1v) is 5.50. The Morgan fingerprint density at radius 3 is 2.87 bits per heavy atom. The van der Waals surface area contributed by atoms with E-state index in [0.717, 1.165) is 17.3 Å². The molecule has 1 aromatic heterocycles. The second-order valence-electron chi connectivity index (χ2n) is 3.75. The Morgan fingerprint density at radius 1 is 1.33 bits per heavy atom. The van der Waals surface area contributed by atoms with Crippen LogP contribution in [0.25, 0.3) is 10.9 Å². The van der Waals surface area contributed by atoms with Gasteiger partial charge in [0.05, 0.1) is 5.52 Å². The Kier molecular flexibility index (Phi) is 2.87. The maximum absolute atomic E-state index is 6.03. The molecule has 1 heterocycles. The van der Waals surface area contributed by atoms with Crippen LogP contribution in [0.5, 0.6) is 0 Å². The summed E-state index contributed by atoms with van der Waals surface area (Å²) in [5.41, 5.74) is 2.20. The zero-order valence-corrected chi connectivity index (χ0v) is 9.62. The van der Waals surface area contributed by atoms with E-state index < -0.39 is 0 Å². The Morgan fingerprint density at radius 2 is 2.13 bits per heavy atom. The maximum atomic E-state index is 6.03. The molecule has 2 nitrogen and oxygen atoms in total. The van der Waals surface area contributed by atoms with Gasteiger partial charge in [-0.3, -0.25) is 0 Å². The van der Waals surface area contributed by atoms with Crippen molar-refractivity contribution in [2.45, 2.75) is 26.2 Å². The van der Waals surface area contributed by atoms with Crippen molar-refractivity contribution in [3.8, 4) is 0 Å². The number of halogens is 1. The highest BCUT2D eigenvalue weighted by Crippen LogP contribution is 2.25. The van der Waals surface area contributed by atoms with Crippen LogP contribution in [0.15, 0.2) is 24.5 Å². The Labute approximate surface area is 94.3 Å². The first-order valence-electron chi connectivity index (χ1n) is 5.12. The Hall–Kier alpha value is -1.15. The molecule has 0 N–H and O–H groups in total. The summed E-state index contributed by atoms with van der Waals surface area (Å²) in [6.07, 6.45) is 2.62. The van der Waals surface area contributed by atoms with E-state index in [1.807, 2.05) is 6.07 Å². The number of hydrogen-bond acceptors (Lipinski definition) is 2. The monoisotopic (exact) mass is 220 g/mol. The number of benzene rings is 1. The number of rotatable bonds is 2. The van der Waals surface area contributed by atoms with Gasteiger partial charge in [-0.2, -0.15) is 0 Å². The first kappa shape index (κ1) is 10.4. The van der Waals surface area contributed by atoms with Crippen molar-refractivity contribution in [2.24, 2.45) is 0 Å². The number of nitrogens with zero attached hydrogens (tertiary/aromatic N) is 2. The SMILES string of the molecule is CCC(C)c1ccc2ncnc(Cl)c2c1. The largest absolute Gasteiger partial charge is 0.236 e. The molecular formula is C12H13ClN2. The molecule has 0 amide bonds. The van der Waals surface area contributed by atoms with Gasteiger partial charge in [0.15, 0.2) is 0 Å². The van der Waals surface area contributed by atoms with Crippen molar-refractivity contribution < 1.29 is 0 Å². The third kappa shape index (κ3) is 1.95. The lowest BCUT2D eigenvalue weighted by molar-refractivity contribution is 0.734. The summed E-state index contributed by atoms with van der Waals surface area (Å²) >= 11 is 6.03. The summed E-state index contributed by atoms with van der Waals surface area (Å²) < 4.78 is 0. The van der Waals surface area contributed by atoms with Crippen LogP contribution in [0.4, 0.5) is 0 Å². The van der Waals surface area contributed by atoms with Gasteiger partial charge >= 0.3 is 0 Å². The molecular weight excluding hydrogens is 208 g/mol. The van der Waals surface area contributed by atoms with Crippen molar-refractivity contribution >= 4 is 22.5 Å². The summed E-state index contributed by atoms with van der Waals surface area (Å²) in [7, 11) is 0. The highest BCUT2D eigenvalue weighted by Gasteiger charge is 2.06. The van der Waals surface area contributed by atoms with E-state index in [4.69, 9.17) is 11.6 Å². The minimum atomic E-state index is 0.533. The van der Waals surface area contributed by atoms with Crippen LogP contribution in [-0.4, -0.2) is 9.97 Å². The first-order chi connectivity index (χ1) is 7.22. The van der Waals surface area contributed by atoms with Crippen molar-refractivity contribution in [2.75, 3.05) is 0 Å². The summed E-state index contributed by atoms with van der Waals surface area (Å²) in [6.45, 7) is 4.39. The molecule has 78 valence electrons. The third-order valence-corrected chi connectivity index (χ3v) is 3.09. The zero-order valence-electron chi connectivity index (χ0n) is 8.87. The Balaban J connectivity index is 2.59. The zero-order chi connectivity index (χ0) is 10.8. The highest BCUT2D eigenvalue weighted by molar-refractivity contribution is 6.34. The summed E-state index contributed by atoms with van der Waals surface area (Å²) in [5, 5.41) is 1.47. The van der Waals surface area contributed by atoms with Crippen molar-refractivity contribution in [3.05, 3.63) is 35.2 Å². The van der Waals surface area contributed by atoms with Gasteiger partial charge in [-0.15, -0.1) is 0 Å². The van der Waals surface area contributed by atoms with E-state index in [-0.39, 0.29) is 0 Å². The van der Waals surface area contributed by atoms with E-state index in [1.54, 1.807) is 0 Å². The van der Waals surface area contributed by atoms with E-state index in [1.165, 1.54) is 11.9 Å². The fourth-order valence-corrected chi connectivity index (χ4v) is 1.78. The number of hydrogen-bond donors (Lipinski definition) is 0. The van der Waals surface area contributed by atoms with E-state index in [9.17, 15) is 0 Å². The highest BCUT2D eigenvalue weighted by atomic mass is 35.5. The van der Waals surface area contributed by atoms with E-state index >= 15 is 0 Å². The molecule has 0 saturated carbocycles. The molecule has 0 radical (unpaired) electrons. The van der Waals surface area contributed by atoms with Crippen LogP contribution >= 0.6 is 11.6 Å². The van der Waals surface area contributed by atoms with Gasteiger partial charge in [0.25, 0.3) is 0 Å². The quantitative estimate of drug-likeness (QED) is 0.720. The van der Waals surface area contributed by atoms with Crippen LogP contribution in [0.2, 0.25) is 5.15 Å². The van der Waals surface area contributed by atoms with Crippen molar-refractivity contribution in [3.63, 3.8) is 0 Å². The van der Waals surface area contributed by atoms with Crippen LogP contribution in [0, 0.1) is 0 Å². The summed E-state index contributed by atoms with van der Waals surface area (Å²) in [4.78, 5) is 8.16. The fraction of sp³-hybridized carbons (Fsp3) is 0.333. The molecule has 2 aromatic rings. The normalized spacial score (nSPS) is 13.0. The molecule has 0 aliphatic heterocycles. The number of aromatic nitrogens is 2. The van der Waals surface area contributed by atoms with Gasteiger partial charge < -0.3 is 0 Å². The van der Waals surface area contributed by atoms with Crippen molar-refractivity contribution in [1.82, 2.24) is 9.97 Å². The molecule has 0 aliphatic rings. The third-order valence-electron chi connectivity index (χ3n) is 2.79. The van der Waals surface area contributed by atoms with E-state index in [0.29, 0.717) is 11.1 Å².